The first-order valence-electron chi connectivity index (χ1n) is 12.1. The Bertz CT molecular complexity index is 1660. The fourth-order valence-electron chi connectivity index (χ4n) is 4.00. The SMILES string of the molecule is CC(C)(C)n1cc(NC(=O)Cc2cc(Cl)c(Oc3ccnc4ccc(S(=N)(=O)C5CC5)cc34)cc2F)cn1. The maximum absolute atomic E-state index is 15.0. The van der Waals surface area contributed by atoms with E-state index in [-0.39, 0.29) is 33.5 Å². The molecule has 2 aromatic heterocycles. The number of aromatic nitrogens is 3. The summed E-state index contributed by atoms with van der Waals surface area (Å²) in [5.41, 5.74) is 0.969. The van der Waals surface area contributed by atoms with Crippen molar-refractivity contribution in [1.82, 2.24) is 14.8 Å². The van der Waals surface area contributed by atoms with E-state index in [1.165, 1.54) is 12.3 Å². The van der Waals surface area contributed by atoms with Crippen LogP contribution in [0.2, 0.25) is 5.02 Å². The Morgan fingerprint density at radius 2 is 2.00 bits per heavy atom. The van der Waals surface area contributed by atoms with Crippen molar-refractivity contribution in [3.05, 3.63) is 71.4 Å². The molecule has 1 saturated carbocycles. The second-order valence-electron chi connectivity index (χ2n) is 10.3. The lowest BCUT2D eigenvalue weighted by atomic mass is 10.1. The number of benzene rings is 2. The standard InChI is InChI=1S/C27H27ClFN5O3S/c1-27(2,3)34-15-17(14-32-34)33-26(35)11-16-10-21(28)25(13-22(16)29)37-24-8-9-31-23-7-6-19(12-20(23)24)38(30,36)18-4-5-18/h6-10,12-15,18,30H,4-5,11H2,1-3H3,(H,33,35). The number of anilines is 1. The van der Waals surface area contributed by atoms with Crippen molar-refractivity contribution in [2.24, 2.45) is 0 Å². The summed E-state index contributed by atoms with van der Waals surface area (Å²) >= 11 is 6.43. The lowest BCUT2D eigenvalue weighted by molar-refractivity contribution is -0.115. The van der Waals surface area contributed by atoms with Gasteiger partial charge in [-0.05, 0) is 69.5 Å². The number of fused-ring (bicyclic) bond motifs is 1. The Hall–Kier alpha value is -3.50. The number of carbonyl (C=O) groups is 1. The van der Waals surface area contributed by atoms with E-state index in [0.29, 0.717) is 27.2 Å². The van der Waals surface area contributed by atoms with Crippen LogP contribution < -0.4 is 10.1 Å². The van der Waals surface area contributed by atoms with Gasteiger partial charge in [-0.1, -0.05) is 11.6 Å². The maximum Gasteiger partial charge on any atom is 0.228 e. The third-order valence-electron chi connectivity index (χ3n) is 6.24. The van der Waals surface area contributed by atoms with Crippen molar-refractivity contribution < 1.29 is 18.1 Å². The van der Waals surface area contributed by atoms with Gasteiger partial charge in [0.15, 0.2) is 0 Å². The molecular formula is C27H27ClFN5O3S. The predicted octanol–water partition coefficient (Wildman–Crippen LogP) is 6.52. The molecule has 1 aliphatic carbocycles. The zero-order valence-corrected chi connectivity index (χ0v) is 22.7. The minimum atomic E-state index is -2.92. The van der Waals surface area contributed by atoms with E-state index in [2.05, 4.69) is 15.4 Å². The number of ether oxygens (including phenoxy) is 1. The van der Waals surface area contributed by atoms with E-state index in [9.17, 15) is 9.00 Å². The van der Waals surface area contributed by atoms with Gasteiger partial charge in [-0.2, -0.15) is 5.10 Å². The van der Waals surface area contributed by atoms with Gasteiger partial charge in [0.25, 0.3) is 0 Å². The van der Waals surface area contributed by atoms with Gasteiger partial charge in [-0.25, -0.2) is 13.4 Å². The van der Waals surface area contributed by atoms with Crippen molar-refractivity contribution in [2.45, 2.75) is 55.7 Å². The average Bonchev–Trinajstić information content (AvgIpc) is 3.61. The van der Waals surface area contributed by atoms with E-state index in [1.807, 2.05) is 20.8 Å². The van der Waals surface area contributed by atoms with Gasteiger partial charge in [-0.3, -0.25) is 14.5 Å². The molecule has 0 spiro atoms. The first kappa shape index (κ1) is 26.1. The quantitative estimate of drug-likeness (QED) is 0.270. The number of carbonyl (C=O) groups excluding carboxylic acids is 1. The molecule has 198 valence electrons. The molecule has 0 aliphatic heterocycles. The zero-order chi connectivity index (χ0) is 27.2. The Balaban J connectivity index is 1.36. The van der Waals surface area contributed by atoms with E-state index in [4.69, 9.17) is 21.1 Å². The van der Waals surface area contributed by atoms with Crippen LogP contribution in [0.4, 0.5) is 10.1 Å². The Morgan fingerprint density at radius 3 is 2.68 bits per heavy atom. The number of nitrogens with one attached hydrogen (secondary N) is 2. The minimum Gasteiger partial charge on any atom is -0.455 e. The van der Waals surface area contributed by atoms with Crippen LogP contribution in [0, 0.1) is 10.6 Å². The van der Waals surface area contributed by atoms with Crippen molar-refractivity contribution in [3.8, 4) is 11.5 Å². The number of amides is 1. The van der Waals surface area contributed by atoms with Crippen molar-refractivity contribution >= 4 is 43.8 Å². The van der Waals surface area contributed by atoms with Gasteiger partial charge in [-0.15, -0.1) is 0 Å². The third kappa shape index (κ3) is 5.37. The molecule has 1 fully saturated rings. The molecule has 8 nitrogen and oxygen atoms in total. The van der Waals surface area contributed by atoms with E-state index >= 15 is 4.39 Å². The van der Waals surface area contributed by atoms with Gasteiger partial charge in [0.05, 0.1) is 44.1 Å². The first-order valence-corrected chi connectivity index (χ1v) is 14.1. The van der Waals surface area contributed by atoms with E-state index in [1.54, 1.807) is 41.3 Å². The number of pyridine rings is 1. The van der Waals surface area contributed by atoms with Gasteiger partial charge >= 0.3 is 0 Å². The molecule has 1 aliphatic rings. The molecule has 38 heavy (non-hydrogen) atoms. The maximum atomic E-state index is 15.0. The normalized spacial score (nSPS) is 15.3. The second kappa shape index (κ2) is 9.67. The molecule has 11 heteroatoms. The zero-order valence-electron chi connectivity index (χ0n) is 21.1. The molecule has 1 atom stereocenters. The molecule has 5 rings (SSSR count). The predicted molar refractivity (Wildman–Crippen MR) is 145 cm³/mol. The molecule has 0 radical (unpaired) electrons. The Kier molecular flexibility index (Phi) is 6.65. The van der Waals surface area contributed by atoms with Crippen LogP contribution in [0.15, 0.2) is 59.9 Å². The van der Waals surface area contributed by atoms with Crippen LogP contribution in [-0.4, -0.2) is 30.1 Å². The monoisotopic (exact) mass is 555 g/mol. The van der Waals surface area contributed by atoms with E-state index in [0.717, 1.165) is 18.9 Å². The molecule has 0 bridgehead atoms. The Labute approximate surface area is 225 Å². The number of nitrogens with zero attached hydrogens (tertiary/aromatic N) is 3. The smallest absolute Gasteiger partial charge is 0.228 e. The summed E-state index contributed by atoms with van der Waals surface area (Å²) < 4.78 is 44.0. The lowest BCUT2D eigenvalue weighted by Gasteiger charge is -2.18. The minimum absolute atomic E-state index is 0.0616. The highest BCUT2D eigenvalue weighted by Gasteiger charge is 2.34. The summed E-state index contributed by atoms with van der Waals surface area (Å²) in [6, 6.07) is 9.11. The molecule has 0 saturated heterocycles. The largest absolute Gasteiger partial charge is 0.455 e. The first-order chi connectivity index (χ1) is 17.9. The van der Waals surface area contributed by atoms with Gasteiger partial charge in [0, 0.05) is 34.0 Å². The van der Waals surface area contributed by atoms with Crippen LogP contribution in [-0.2, 0) is 26.5 Å². The molecule has 2 aromatic carbocycles. The topological polar surface area (TPSA) is 110 Å². The number of hydrogen-bond donors (Lipinski definition) is 2. The highest BCUT2D eigenvalue weighted by atomic mass is 35.5. The molecule has 2 heterocycles. The lowest BCUT2D eigenvalue weighted by Crippen LogP contribution is -2.22. The van der Waals surface area contributed by atoms with Gasteiger partial charge < -0.3 is 10.1 Å². The molecule has 4 aromatic rings. The molecule has 1 unspecified atom stereocenters. The Morgan fingerprint density at radius 1 is 1.24 bits per heavy atom. The molecule has 2 N–H and O–H groups in total. The highest BCUT2D eigenvalue weighted by Crippen LogP contribution is 2.38. The van der Waals surface area contributed by atoms with Crippen molar-refractivity contribution in [1.29, 1.82) is 4.78 Å². The van der Waals surface area contributed by atoms with Gasteiger partial charge in [0.2, 0.25) is 5.91 Å². The van der Waals surface area contributed by atoms with Crippen LogP contribution in [0.25, 0.3) is 10.9 Å². The summed E-state index contributed by atoms with van der Waals surface area (Å²) in [5, 5.41) is 7.50. The fraction of sp³-hybridized carbons (Fsp3) is 0.296. The number of rotatable bonds is 7. The third-order valence-corrected chi connectivity index (χ3v) is 8.90. The highest BCUT2D eigenvalue weighted by molar-refractivity contribution is 7.93. The van der Waals surface area contributed by atoms with Crippen LogP contribution in [0.5, 0.6) is 11.5 Å². The number of halogens is 2. The summed E-state index contributed by atoms with van der Waals surface area (Å²) in [4.78, 5) is 17.3. The van der Waals surface area contributed by atoms with Crippen LogP contribution >= 0.6 is 11.6 Å². The van der Waals surface area contributed by atoms with E-state index < -0.39 is 21.5 Å². The van der Waals surface area contributed by atoms with Crippen LogP contribution in [0.1, 0.15) is 39.2 Å². The van der Waals surface area contributed by atoms with Crippen LogP contribution in [0.3, 0.4) is 0 Å². The summed E-state index contributed by atoms with van der Waals surface area (Å²) in [6.07, 6.45) is 6.12. The molecular weight excluding hydrogens is 529 g/mol. The summed E-state index contributed by atoms with van der Waals surface area (Å²) in [6.45, 7) is 5.96. The summed E-state index contributed by atoms with van der Waals surface area (Å²) in [7, 11) is -2.92. The molecule has 1 amide bonds. The summed E-state index contributed by atoms with van der Waals surface area (Å²) in [5.74, 6) is -0.659. The second-order valence-corrected chi connectivity index (χ2v) is 13.1. The average molecular weight is 556 g/mol. The number of hydrogen-bond acceptors (Lipinski definition) is 6. The van der Waals surface area contributed by atoms with Crippen molar-refractivity contribution in [2.75, 3.05) is 5.32 Å². The fourth-order valence-corrected chi connectivity index (χ4v) is 5.98. The van der Waals surface area contributed by atoms with Crippen molar-refractivity contribution in [3.63, 3.8) is 0 Å². The van der Waals surface area contributed by atoms with Gasteiger partial charge in [0.1, 0.15) is 17.3 Å².